The van der Waals surface area contributed by atoms with Gasteiger partial charge in [-0.2, -0.15) is 5.10 Å². The number of hydrogen-bond acceptors (Lipinski definition) is 7. The lowest BCUT2D eigenvalue weighted by Crippen LogP contribution is -2.28. The molecule has 1 amide bonds. The summed E-state index contributed by atoms with van der Waals surface area (Å²) in [6.45, 7) is 0. The molecule has 30 heavy (non-hydrogen) atoms. The number of carbonyl (C=O) groups is 1. The number of halogens is 1. The van der Waals surface area contributed by atoms with E-state index in [1.807, 2.05) is 47.8 Å². The second kappa shape index (κ2) is 8.22. The minimum Gasteiger partial charge on any atom is -0.467 e. The normalized spacial score (nSPS) is 16.2. The molecule has 0 saturated carbocycles. The first-order chi connectivity index (χ1) is 14.7. The summed E-state index contributed by atoms with van der Waals surface area (Å²) in [5.74, 6) is 0.830. The van der Waals surface area contributed by atoms with Gasteiger partial charge < -0.3 is 4.42 Å². The Morgan fingerprint density at radius 2 is 2.10 bits per heavy atom. The van der Waals surface area contributed by atoms with Crippen molar-refractivity contribution in [1.29, 1.82) is 0 Å². The summed E-state index contributed by atoms with van der Waals surface area (Å²) >= 11 is 8.98. The molecule has 0 spiro atoms. The predicted octanol–water partition coefficient (Wildman–Crippen LogP) is 5.41. The molecule has 1 aromatic carbocycles. The molecule has 5 rings (SSSR count). The van der Waals surface area contributed by atoms with Gasteiger partial charge in [-0.3, -0.25) is 4.79 Å². The zero-order valence-electron chi connectivity index (χ0n) is 15.6. The number of hydrogen-bond donors (Lipinski definition) is 0. The number of furan rings is 1. The lowest BCUT2D eigenvalue weighted by Gasteiger charge is -2.19. The van der Waals surface area contributed by atoms with E-state index in [-0.39, 0.29) is 17.7 Å². The van der Waals surface area contributed by atoms with E-state index in [1.165, 1.54) is 23.1 Å². The van der Waals surface area contributed by atoms with E-state index in [1.54, 1.807) is 17.6 Å². The number of carbonyl (C=O) groups excluding carboxylic acids is 1. The lowest BCUT2D eigenvalue weighted by molar-refractivity contribution is -0.130. The fraction of sp³-hybridized carbons (Fsp3) is 0.143. The number of thiophene rings is 1. The summed E-state index contributed by atoms with van der Waals surface area (Å²) in [6.07, 6.45) is 3.72. The minimum atomic E-state index is -0.272. The minimum absolute atomic E-state index is 0.103. The van der Waals surface area contributed by atoms with Crippen molar-refractivity contribution in [3.63, 3.8) is 0 Å². The Morgan fingerprint density at radius 3 is 2.90 bits per heavy atom. The zero-order valence-corrected chi connectivity index (χ0v) is 18.0. The van der Waals surface area contributed by atoms with Gasteiger partial charge in [0.05, 0.1) is 27.9 Å². The fourth-order valence-electron chi connectivity index (χ4n) is 3.32. The first-order valence-corrected chi connectivity index (χ1v) is 11.4. The maximum atomic E-state index is 13.1. The molecule has 1 aliphatic rings. The average Bonchev–Trinajstić information content (AvgIpc) is 3.52. The first kappa shape index (κ1) is 19.3. The van der Waals surface area contributed by atoms with Crippen LogP contribution >= 0.6 is 34.7 Å². The Hall–Kier alpha value is -2.68. The first-order valence-electron chi connectivity index (χ1n) is 9.19. The molecule has 6 nitrogen and oxygen atoms in total. The number of nitrogens with zero attached hydrogens (tertiary/aromatic N) is 4. The van der Waals surface area contributed by atoms with Gasteiger partial charge in [0, 0.05) is 11.4 Å². The van der Waals surface area contributed by atoms with Crippen LogP contribution in [0.3, 0.4) is 0 Å². The van der Waals surface area contributed by atoms with Gasteiger partial charge in [0.25, 0.3) is 5.91 Å². The zero-order chi connectivity index (χ0) is 20.5. The van der Waals surface area contributed by atoms with E-state index in [4.69, 9.17) is 16.0 Å². The van der Waals surface area contributed by atoms with Gasteiger partial charge in [-0.1, -0.05) is 35.5 Å². The number of thioether (sulfide) groups is 1. The molecule has 0 fully saturated rings. The summed E-state index contributed by atoms with van der Waals surface area (Å²) in [4.78, 5) is 21.7. The number of hydrazone groups is 1. The molecule has 1 unspecified atom stereocenters. The molecule has 0 aliphatic carbocycles. The molecular formula is C21H15ClN4O2S2. The van der Waals surface area contributed by atoms with Gasteiger partial charge in [0.1, 0.15) is 23.2 Å². The number of fused-ring (bicyclic) bond motifs is 1. The summed E-state index contributed by atoms with van der Waals surface area (Å²) < 4.78 is 6.59. The largest absolute Gasteiger partial charge is 0.467 e. The van der Waals surface area contributed by atoms with Crippen LogP contribution in [-0.4, -0.2) is 32.3 Å². The maximum absolute atomic E-state index is 13.1. The highest BCUT2D eigenvalue weighted by molar-refractivity contribution is 8.00. The Labute approximate surface area is 185 Å². The van der Waals surface area contributed by atoms with Crippen LogP contribution in [0.5, 0.6) is 0 Å². The van der Waals surface area contributed by atoms with Crippen molar-refractivity contribution in [2.75, 3.05) is 5.75 Å². The van der Waals surface area contributed by atoms with Crippen LogP contribution in [0.4, 0.5) is 0 Å². The van der Waals surface area contributed by atoms with Crippen molar-refractivity contribution in [3.8, 4) is 0 Å². The third kappa shape index (κ3) is 3.74. The smallest absolute Gasteiger partial charge is 0.253 e. The summed E-state index contributed by atoms with van der Waals surface area (Å²) in [5.41, 5.74) is 2.66. The molecule has 9 heteroatoms. The highest BCUT2D eigenvalue weighted by atomic mass is 35.5. The summed E-state index contributed by atoms with van der Waals surface area (Å²) in [6, 6.07) is 12.8. The van der Waals surface area contributed by atoms with E-state index >= 15 is 0 Å². The monoisotopic (exact) mass is 454 g/mol. The van der Waals surface area contributed by atoms with Crippen molar-refractivity contribution < 1.29 is 9.21 Å². The van der Waals surface area contributed by atoms with Gasteiger partial charge >= 0.3 is 0 Å². The van der Waals surface area contributed by atoms with E-state index in [2.05, 4.69) is 15.1 Å². The van der Waals surface area contributed by atoms with Gasteiger partial charge in [-0.25, -0.2) is 15.0 Å². The third-order valence-electron chi connectivity index (χ3n) is 4.76. The van der Waals surface area contributed by atoms with Crippen molar-refractivity contribution in [2.24, 2.45) is 5.10 Å². The van der Waals surface area contributed by atoms with Crippen LogP contribution in [0.15, 0.2) is 75.0 Å². The van der Waals surface area contributed by atoms with Gasteiger partial charge in [-0.05, 0) is 41.3 Å². The van der Waals surface area contributed by atoms with Gasteiger partial charge in [0.2, 0.25) is 0 Å². The molecule has 4 aromatic rings. The standard InChI is InChI=1S/C21H15ClN4O2S2/c22-14-5-3-13(4-6-14)16-10-17(18-2-1-8-28-18)26(25-16)19(27)11-30-21-20-15(7-9-29-20)23-12-24-21/h1-9,12,17H,10-11H2. The van der Waals surface area contributed by atoms with Gasteiger partial charge in [-0.15, -0.1) is 11.3 Å². The number of aromatic nitrogens is 2. The summed E-state index contributed by atoms with van der Waals surface area (Å²) in [7, 11) is 0. The van der Waals surface area contributed by atoms with Crippen LogP contribution < -0.4 is 0 Å². The Morgan fingerprint density at radius 1 is 1.23 bits per heavy atom. The quantitative estimate of drug-likeness (QED) is 0.298. The van der Waals surface area contributed by atoms with Crippen LogP contribution in [0.25, 0.3) is 10.2 Å². The van der Waals surface area contributed by atoms with E-state index in [0.717, 1.165) is 26.5 Å². The molecule has 1 atom stereocenters. The van der Waals surface area contributed by atoms with E-state index < -0.39 is 0 Å². The molecule has 150 valence electrons. The second-order valence-electron chi connectivity index (χ2n) is 6.63. The molecule has 0 saturated heterocycles. The molecule has 4 heterocycles. The molecule has 3 aromatic heterocycles. The van der Waals surface area contributed by atoms with Gasteiger partial charge in [0.15, 0.2) is 0 Å². The molecule has 1 aliphatic heterocycles. The van der Waals surface area contributed by atoms with Crippen molar-refractivity contribution in [3.05, 3.63) is 76.8 Å². The average molecular weight is 455 g/mol. The van der Waals surface area contributed by atoms with Crippen molar-refractivity contribution in [2.45, 2.75) is 17.5 Å². The third-order valence-corrected chi connectivity index (χ3v) is 7.02. The highest BCUT2D eigenvalue weighted by Crippen LogP contribution is 2.35. The van der Waals surface area contributed by atoms with Crippen LogP contribution in [0, 0.1) is 0 Å². The van der Waals surface area contributed by atoms with Crippen LogP contribution in [0.2, 0.25) is 5.02 Å². The maximum Gasteiger partial charge on any atom is 0.253 e. The van der Waals surface area contributed by atoms with Crippen molar-refractivity contribution in [1.82, 2.24) is 15.0 Å². The van der Waals surface area contributed by atoms with Crippen LogP contribution in [-0.2, 0) is 4.79 Å². The fourth-order valence-corrected chi connectivity index (χ4v) is 5.25. The highest BCUT2D eigenvalue weighted by Gasteiger charge is 2.34. The Balaban J connectivity index is 1.39. The topological polar surface area (TPSA) is 71.6 Å². The SMILES string of the molecule is O=C(CSc1ncnc2ccsc12)N1N=C(c2ccc(Cl)cc2)CC1c1ccco1. The number of amides is 1. The number of rotatable bonds is 5. The predicted molar refractivity (Wildman–Crippen MR) is 119 cm³/mol. The molecular weight excluding hydrogens is 440 g/mol. The molecule has 0 N–H and O–H groups in total. The number of benzene rings is 1. The lowest BCUT2D eigenvalue weighted by atomic mass is 10.0. The van der Waals surface area contributed by atoms with E-state index in [9.17, 15) is 4.79 Å². The summed E-state index contributed by atoms with van der Waals surface area (Å²) in [5, 5.41) is 9.61. The van der Waals surface area contributed by atoms with E-state index in [0.29, 0.717) is 17.2 Å². The molecule has 0 bridgehead atoms. The Bertz CT molecular complexity index is 1220. The van der Waals surface area contributed by atoms with Crippen LogP contribution in [0.1, 0.15) is 23.8 Å². The van der Waals surface area contributed by atoms with Crippen molar-refractivity contribution >= 4 is 56.5 Å². The Kier molecular flexibility index (Phi) is 5.28. The second-order valence-corrected chi connectivity index (χ2v) is 8.95. The molecule has 0 radical (unpaired) electrons.